The molecule has 0 saturated heterocycles. The Hall–Kier alpha value is -0.120. The maximum atomic E-state index is 9.53. The van der Waals surface area contributed by atoms with Crippen molar-refractivity contribution in [1.82, 2.24) is 4.90 Å². The number of hydrogen-bond donors (Lipinski definition) is 1. The second-order valence-corrected chi connectivity index (χ2v) is 4.48. The lowest BCUT2D eigenvalue weighted by Crippen LogP contribution is -2.34. The van der Waals surface area contributed by atoms with E-state index in [1.165, 1.54) is 25.7 Å². The molecule has 0 aliphatic heterocycles. The van der Waals surface area contributed by atoms with Gasteiger partial charge in [0.1, 0.15) is 0 Å². The summed E-state index contributed by atoms with van der Waals surface area (Å²) in [5.41, 5.74) is 0. The van der Waals surface area contributed by atoms with Crippen molar-refractivity contribution in [2.24, 2.45) is 5.92 Å². The number of nitrogens with zero attached hydrogens (tertiary/aromatic N) is 1. The van der Waals surface area contributed by atoms with Crippen LogP contribution in [0, 0.1) is 5.92 Å². The van der Waals surface area contributed by atoms with E-state index in [4.69, 9.17) is 4.74 Å². The van der Waals surface area contributed by atoms with E-state index in [-0.39, 0.29) is 6.10 Å². The SMILES string of the molecule is COCC(O)CN(C)CC1CCCC1. The quantitative estimate of drug-likeness (QED) is 0.699. The topological polar surface area (TPSA) is 32.7 Å². The lowest BCUT2D eigenvalue weighted by molar-refractivity contribution is 0.0405. The lowest BCUT2D eigenvalue weighted by Gasteiger charge is -2.23. The molecule has 0 heterocycles. The standard InChI is InChI=1S/C11H23NO2/c1-12(8-11(13)9-14-2)7-10-5-3-4-6-10/h10-11,13H,3-9H2,1-2H3. The number of aliphatic hydroxyl groups excluding tert-OH is 1. The highest BCUT2D eigenvalue weighted by atomic mass is 16.5. The summed E-state index contributed by atoms with van der Waals surface area (Å²) in [6.07, 6.45) is 5.17. The molecule has 0 amide bonds. The van der Waals surface area contributed by atoms with Crippen LogP contribution in [0.3, 0.4) is 0 Å². The predicted octanol–water partition coefficient (Wildman–Crippen LogP) is 1.12. The van der Waals surface area contributed by atoms with Crippen LogP contribution in [-0.4, -0.2) is 50.0 Å². The largest absolute Gasteiger partial charge is 0.389 e. The zero-order chi connectivity index (χ0) is 10.4. The first-order chi connectivity index (χ1) is 6.72. The normalized spacial score (nSPS) is 20.6. The third kappa shape index (κ3) is 4.40. The van der Waals surface area contributed by atoms with Crippen molar-refractivity contribution in [3.8, 4) is 0 Å². The van der Waals surface area contributed by atoms with Gasteiger partial charge in [-0.1, -0.05) is 12.8 Å². The highest BCUT2D eigenvalue weighted by Crippen LogP contribution is 2.25. The number of likely N-dealkylation sites (N-methyl/N-ethyl adjacent to an activating group) is 1. The van der Waals surface area contributed by atoms with Gasteiger partial charge in [0.05, 0.1) is 12.7 Å². The molecular formula is C11H23NO2. The highest BCUT2D eigenvalue weighted by molar-refractivity contribution is 4.71. The number of methoxy groups -OCH3 is 1. The molecule has 0 aromatic carbocycles. The first-order valence-corrected chi connectivity index (χ1v) is 5.58. The van der Waals surface area contributed by atoms with E-state index >= 15 is 0 Å². The average molecular weight is 201 g/mol. The van der Waals surface area contributed by atoms with Crippen LogP contribution in [0.25, 0.3) is 0 Å². The zero-order valence-corrected chi connectivity index (χ0v) is 9.41. The third-order valence-corrected chi connectivity index (χ3v) is 2.93. The number of ether oxygens (including phenoxy) is 1. The van der Waals surface area contributed by atoms with Crippen LogP contribution in [0.2, 0.25) is 0 Å². The fourth-order valence-electron chi connectivity index (χ4n) is 2.31. The molecule has 1 fully saturated rings. The molecule has 0 radical (unpaired) electrons. The molecule has 1 aliphatic rings. The van der Waals surface area contributed by atoms with Gasteiger partial charge in [0.2, 0.25) is 0 Å². The van der Waals surface area contributed by atoms with Crippen LogP contribution in [0.5, 0.6) is 0 Å². The fraction of sp³-hybridized carbons (Fsp3) is 1.00. The molecule has 3 heteroatoms. The van der Waals surface area contributed by atoms with Gasteiger partial charge in [0.15, 0.2) is 0 Å². The molecule has 14 heavy (non-hydrogen) atoms. The minimum Gasteiger partial charge on any atom is -0.389 e. The average Bonchev–Trinajstić information content (AvgIpc) is 2.56. The Bertz CT molecular complexity index is 146. The van der Waals surface area contributed by atoms with Crippen molar-refractivity contribution in [2.75, 3.05) is 33.9 Å². The molecule has 84 valence electrons. The van der Waals surface area contributed by atoms with E-state index in [1.54, 1.807) is 7.11 Å². The van der Waals surface area contributed by atoms with Crippen molar-refractivity contribution in [1.29, 1.82) is 0 Å². The number of aliphatic hydroxyl groups is 1. The maximum Gasteiger partial charge on any atom is 0.0899 e. The molecule has 1 atom stereocenters. The number of rotatable bonds is 6. The molecule has 0 aromatic rings. The third-order valence-electron chi connectivity index (χ3n) is 2.93. The maximum absolute atomic E-state index is 9.53. The molecule has 1 N–H and O–H groups in total. The summed E-state index contributed by atoms with van der Waals surface area (Å²) >= 11 is 0. The monoisotopic (exact) mass is 201 g/mol. The Morgan fingerprint density at radius 1 is 1.43 bits per heavy atom. The minimum atomic E-state index is -0.341. The lowest BCUT2D eigenvalue weighted by atomic mass is 10.1. The first kappa shape index (κ1) is 12.0. The summed E-state index contributed by atoms with van der Waals surface area (Å²) in [6, 6.07) is 0. The molecule has 1 unspecified atom stereocenters. The second-order valence-electron chi connectivity index (χ2n) is 4.48. The molecule has 0 bridgehead atoms. The van der Waals surface area contributed by atoms with Crippen LogP contribution in [0.1, 0.15) is 25.7 Å². The summed E-state index contributed by atoms with van der Waals surface area (Å²) in [5, 5.41) is 9.53. The fourth-order valence-corrected chi connectivity index (χ4v) is 2.31. The van der Waals surface area contributed by atoms with E-state index in [0.29, 0.717) is 6.61 Å². The van der Waals surface area contributed by atoms with E-state index < -0.39 is 0 Å². The zero-order valence-electron chi connectivity index (χ0n) is 9.41. The first-order valence-electron chi connectivity index (χ1n) is 5.58. The van der Waals surface area contributed by atoms with Gasteiger partial charge in [-0.3, -0.25) is 0 Å². The predicted molar refractivity (Wildman–Crippen MR) is 57.3 cm³/mol. The van der Waals surface area contributed by atoms with Crippen molar-refractivity contribution >= 4 is 0 Å². The Morgan fingerprint density at radius 3 is 2.64 bits per heavy atom. The van der Waals surface area contributed by atoms with Gasteiger partial charge >= 0.3 is 0 Å². The van der Waals surface area contributed by atoms with Gasteiger partial charge in [0.25, 0.3) is 0 Å². The van der Waals surface area contributed by atoms with E-state index in [9.17, 15) is 5.11 Å². The second kappa shape index (κ2) is 6.38. The van der Waals surface area contributed by atoms with Crippen LogP contribution in [-0.2, 0) is 4.74 Å². The number of hydrogen-bond acceptors (Lipinski definition) is 3. The van der Waals surface area contributed by atoms with E-state index in [1.807, 2.05) is 0 Å². The van der Waals surface area contributed by atoms with Gasteiger partial charge in [-0.15, -0.1) is 0 Å². The van der Waals surface area contributed by atoms with Crippen LogP contribution in [0.15, 0.2) is 0 Å². The summed E-state index contributed by atoms with van der Waals surface area (Å²) in [6.45, 7) is 2.29. The van der Waals surface area contributed by atoms with Gasteiger partial charge in [-0.05, 0) is 25.8 Å². The Kier molecular flexibility index (Phi) is 5.45. The van der Waals surface area contributed by atoms with E-state index in [2.05, 4.69) is 11.9 Å². The van der Waals surface area contributed by atoms with E-state index in [0.717, 1.165) is 19.0 Å². The molecule has 0 aromatic heterocycles. The summed E-state index contributed by atoms with van der Waals surface area (Å²) in [7, 11) is 3.71. The van der Waals surface area contributed by atoms with Gasteiger partial charge in [-0.2, -0.15) is 0 Å². The van der Waals surface area contributed by atoms with Crippen molar-refractivity contribution < 1.29 is 9.84 Å². The molecule has 1 aliphatic carbocycles. The van der Waals surface area contributed by atoms with Crippen molar-refractivity contribution in [2.45, 2.75) is 31.8 Å². The highest BCUT2D eigenvalue weighted by Gasteiger charge is 2.17. The Labute approximate surface area is 87.1 Å². The van der Waals surface area contributed by atoms with Crippen LogP contribution in [0.4, 0.5) is 0 Å². The summed E-state index contributed by atoms with van der Waals surface area (Å²) < 4.78 is 4.90. The molecule has 3 nitrogen and oxygen atoms in total. The molecule has 0 spiro atoms. The van der Waals surface area contributed by atoms with Crippen LogP contribution < -0.4 is 0 Å². The van der Waals surface area contributed by atoms with Gasteiger partial charge in [0, 0.05) is 20.2 Å². The summed E-state index contributed by atoms with van der Waals surface area (Å²) in [5.74, 6) is 0.856. The van der Waals surface area contributed by atoms with Crippen molar-refractivity contribution in [3.05, 3.63) is 0 Å². The Balaban J connectivity index is 2.10. The molecular weight excluding hydrogens is 178 g/mol. The van der Waals surface area contributed by atoms with Gasteiger partial charge < -0.3 is 14.7 Å². The summed E-state index contributed by atoms with van der Waals surface area (Å²) in [4.78, 5) is 2.22. The smallest absolute Gasteiger partial charge is 0.0899 e. The molecule has 1 rings (SSSR count). The molecule has 1 saturated carbocycles. The van der Waals surface area contributed by atoms with Crippen molar-refractivity contribution in [3.63, 3.8) is 0 Å². The Morgan fingerprint density at radius 2 is 2.07 bits per heavy atom. The minimum absolute atomic E-state index is 0.341. The van der Waals surface area contributed by atoms with Crippen LogP contribution >= 0.6 is 0 Å². The van der Waals surface area contributed by atoms with Gasteiger partial charge in [-0.25, -0.2) is 0 Å².